The largest absolute Gasteiger partial charge is 0.363 e. The Labute approximate surface area is 156 Å². The van der Waals surface area contributed by atoms with E-state index in [1.807, 2.05) is 51.0 Å². The zero-order chi connectivity index (χ0) is 18.7. The van der Waals surface area contributed by atoms with Crippen LogP contribution in [0.1, 0.15) is 26.1 Å². The number of hydrogen-bond acceptors (Lipinski definition) is 7. The topological polar surface area (TPSA) is 83.9 Å². The minimum Gasteiger partial charge on any atom is -0.363 e. The van der Waals surface area contributed by atoms with Gasteiger partial charge in [-0.1, -0.05) is 0 Å². The molecule has 0 aliphatic heterocycles. The van der Waals surface area contributed by atoms with Crippen LogP contribution in [0.15, 0.2) is 30.6 Å². The fourth-order valence-corrected chi connectivity index (χ4v) is 3.26. The van der Waals surface area contributed by atoms with E-state index in [0.29, 0.717) is 17.2 Å². The molecule has 0 spiro atoms. The average Bonchev–Trinajstić information content (AvgIpc) is 2.98. The molecule has 0 aliphatic carbocycles. The minimum absolute atomic E-state index is 0.138. The summed E-state index contributed by atoms with van der Waals surface area (Å²) in [5.41, 5.74) is 2.31. The van der Waals surface area contributed by atoms with Crippen LogP contribution in [0.3, 0.4) is 0 Å². The van der Waals surface area contributed by atoms with Crippen LogP contribution in [0, 0.1) is 13.8 Å². The number of aryl methyl sites for hydroxylation is 2. The summed E-state index contributed by atoms with van der Waals surface area (Å²) in [5.74, 6) is 1.22. The first kappa shape index (κ1) is 17.9. The normalized spacial score (nSPS) is 10.6. The molecular weight excluding hydrogens is 348 g/mol. The monoisotopic (exact) mass is 368 g/mol. The summed E-state index contributed by atoms with van der Waals surface area (Å²) >= 11 is 1.39. The molecule has 1 N–H and O–H groups in total. The van der Waals surface area contributed by atoms with E-state index >= 15 is 0 Å². The Hall–Kier alpha value is -2.87. The van der Waals surface area contributed by atoms with Crippen molar-refractivity contribution in [3.05, 3.63) is 51.9 Å². The van der Waals surface area contributed by atoms with Crippen molar-refractivity contribution in [3.63, 3.8) is 0 Å². The quantitative estimate of drug-likeness (QED) is 0.745. The highest BCUT2D eigenvalue weighted by molar-refractivity contribution is 7.13. The Morgan fingerprint density at radius 2 is 2.04 bits per heavy atom. The van der Waals surface area contributed by atoms with Gasteiger partial charge in [-0.25, -0.2) is 15.0 Å². The second kappa shape index (κ2) is 7.57. The van der Waals surface area contributed by atoms with Crippen molar-refractivity contribution < 1.29 is 4.79 Å². The lowest BCUT2D eigenvalue weighted by Gasteiger charge is -2.14. The predicted octanol–water partition coefficient (Wildman–Crippen LogP) is 2.61. The van der Waals surface area contributed by atoms with Crippen molar-refractivity contribution in [2.24, 2.45) is 0 Å². The molecule has 8 heteroatoms. The van der Waals surface area contributed by atoms with E-state index in [2.05, 4.69) is 25.3 Å². The van der Waals surface area contributed by atoms with Gasteiger partial charge in [0.15, 0.2) is 5.82 Å². The fraction of sp³-hybridized carbons (Fsp3) is 0.278. The summed E-state index contributed by atoms with van der Waals surface area (Å²) in [4.78, 5) is 32.5. The summed E-state index contributed by atoms with van der Waals surface area (Å²) in [6.07, 6.45) is 3.43. The van der Waals surface area contributed by atoms with E-state index in [1.54, 1.807) is 12.4 Å². The third kappa shape index (κ3) is 4.02. The van der Waals surface area contributed by atoms with E-state index in [9.17, 15) is 4.79 Å². The van der Waals surface area contributed by atoms with Crippen LogP contribution in [-0.2, 0) is 6.54 Å². The SMILES string of the molecule is Cc1nc(C)c(C(=O)NCc2cc(N(C)C)nc(-c3cccnc3)n2)s1. The molecule has 0 bridgehead atoms. The molecule has 0 saturated carbocycles. The maximum atomic E-state index is 12.4. The standard InChI is InChI=1S/C18H20N6OS/c1-11-16(26-12(2)21-11)18(25)20-10-14-8-15(24(3)4)23-17(22-14)13-6-5-7-19-9-13/h5-9H,10H2,1-4H3,(H,20,25). The van der Waals surface area contributed by atoms with Crippen molar-refractivity contribution in [3.8, 4) is 11.4 Å². The first-order valence-corrected chi connectivity index (χ1v) is 8.93. The third-order valence-electron chi connectivity index (χ3n) is 3.68. The van der Waals surface area contributed by atoms with Crippen LogP contribution in [0.5, 0.6) is 0 Å². The molecule has 0 radical (unpaired) electrons. The fourth-order valence-electron chi connectivity index (χ4n) is 2.42. The van der Waals surface area contributed by atoms with Crippen LogP contribution < -0.4 is 10.2 Å². The van der Waals surface area contributed by atoms with Crippen molar-refractivity contribution in [1.82, 2.24) is 25.3 Å². The third-order valence-corrected chi connectivity index (χ3v) is 4.76. The molecule has 26 heavy (non-hydrogen) atoms. The Morgan fingerprint density at radius 1 is 1.23 bits per heavy atom. The van der Waals surface area contributed by atoms with Crippen LogP contribution in [0.4, 0.5) is 5.82 Å². The molecular formula is C18H20N6OS. The molecule has 3 aromatic heterocycles. The number of rotatable bonds is 5. The van der Waals surface area contributed by atoms with E-state index in [4.69, 9.17) is 0 Å². The highest BCUT2D eigenvalue weighted by Crippen LogP contribution is 2.19. The smallest absolute Gasteiger partial charge is 0.263 e. The van der Waals surface area contributed by atoms with Gasteiger partial charge in [0.1, 0.15) is 10.7 Å². The number of anilines is 1. The molecule has 3 aromatic rings. The highest BCUT2D eigenvalue weighted by atomic mass is 32.1. The van der Waals surface area contributed by atoms with Crippen molar-refractivity contribution >= 4 is 23.1 Å². The number of aromatic nitrogens is 4. The highest BCUT2D eigenvalue weighted by Gasteiger charge is 2.15. The van der Waals surface area contributed by atoms with Gasteiger partial charge in [-0.3, -0.25) is 9.78 Å². The molecule has 3 rings (SSSR count). The van der Waals surface area contributed by atoms with Crippen LogP contribution >= 0.6 is 11.3 Å². The van der Waals surface area contributed by atoms with Crippen molar-refractivity contribution in [2.45, 2.75) is 20.4 Å². The molecule has 0 atom stereocenters. The van der Waals surface area contributed by atoms with E-state index < -0.39 is 0 Å². The molecule has 0 aromatic carbocycles. The van der Waals surface area contributed by atoms with Crippen LogP contribution in [0.25, 0.3) is 11.4 Å². The zero-order valence-electron chi connectivity index (χ0n) is 15.1. The van der Waals surface area contributed by atoms with Gasteiger partial charge in [-0.2, -0.15) is 0 Å². The molecule has 134 valence electrons. The second-order valence-corrected chi connectivity index (χ2v) is 7.21. The second-order valence-electron chi connectivity index (χ2n) is 6.01. The zero-order valence-corrected chi connectivity index (χ0v) is 16.0. The number of amides is 1. The van der Waals surface area contributed by atoms with Gasteiger partial charge in [0, 0.05) is 38.1 Å². The summed E-state index contributed by atoms with van der Waals surface area (Å²) < 4.78 is 0. The summed E-state index contributed by atoms with van der Waals surface area (Å²) in [5, 5.41) is 3.80. The number of nitrogens with one attached hydrogen (secondary N) is 1. The first-order chi connectivity index (χ1) is 12.4. The molecule has 1 amide bonds. The Morgan fingerprint density at radius 3 is 2.65 bits per heavy atom. The number of carbonyl (C=O) groups excluding carboxylic acids is 1. The summed E-state index contributed by atoms with van der Waals surface area (Å²) in [7, 11) is 3.84. The van der Waals surface area contributed by atoms with Gasteiger partial charge in [-0.05, 0) is 26.0 Å². The molecule has 0 aliphatic rings. The minimum atomic E-state index is -0.138. The van der Waals surface area contributed by atoms with Crippen LogP contribution in [0.2, 0.25) is 0 Å². The number of carbonyl (C=O) groups is 1. The van der Waals surface area contributed by atoms with E-state index in [1.165, 1.54) is 11.3 Å². The molecule has 0 unspecified atom stereocenters. The molecule has 3 heterocycles. The van der Waals surface area contributed by atoms with Gasteiger partial charge in [0.2, 0.25) is 0 Å². The average molecular weight is 368 g/mol. The number of nitrogens with zero attached hydrogens (tertiary/aromatic N) is 5. The lowest BCUT2D eigenvalue weighted by Crippen LogP contribution is -2.24. The first-order valence-electron chi connectivity index (χ1n) is 8.12. The Kier molecular flexibility index (Phi) is 5.22. The maximum absolute atomic E-state index is 12.4. The summed E-state index contributed by atoms with van der Waals surface area (Å²) in [6, 6.07) is 5.62. The maximum Gasteiger partial charge on any atom is 0.263 e. The van der Waals surface area contributed by atoms with Gasteiger partial charge in [-0.15, -0.1) is 11.3 Å². The molecule has 0 fully saturated rings. The number of hydrogen-bond donors (Lipinski definition) is 1. The Balaban J connectivity index is 1.84. The van der Waals surface area contributed by atoms with Gasteiger partial charge >= 0.3 is 0 Å². The van der Waals surface area contributed by atoms with Crippen molar-refractivity contribution in [1.29, 1.82) is 0 Å². The van der Waals surface area contributed by atoms with E-state index in [0.717, 1.165) is 27.8 Å². The van der Waals surface area contributed by atoms with Crippen LogP contribution in [-0.4, -0.2) is 39.9 Å². The van der Waals surface area contributed by atoms with Crippen molar-refractivity contribution in [2.75, 3.05) is 19.0 Å². The molecule has 0 saturated heterocycles. The summed E-state index contributed by atoms with van der Waals surface area (Å²) in [6.45, 7) is 4.04. The van der Waals surface area contributed by atoms with E-state index in [-0.39, 0.29) is 5.91 Å². The number of thiazole rings is 1. The number of pyridine rings is 1. The van der Waals surface area contributed by atoms with Gasteiger partial charge in [0.05, 0.1) is 22.9 Å². The lowest BCUT2D eigenvalue weighted by atomic mass is 10.2. The molecule has 7 nitrogen and oxygen atoms in total. The predicted molar refractivity (Wildman–Crippen MR) is 102 cm³/mol. The lowest BCUT2D eigenvalue weighted by molar-refractivity contribution is 0.0953. The van der Waals surface area contributed by atoms with Gasteiger partial charge in [0.25, 0.3) is 5.91 Å². The Bertz CT molecular complexity index is 923. The van der Waals surface area contributed by atoms with Gasteiger partial charge < -0.3 is 10.2 Å².